The third-order valence-electron chi connectivity index (χ3n) is 2.65. The van der Waals surface area contributed by atoms with Gasteiger partial charge in [-0.1, -0.05) is 6.07 Å². The number of ether oxygens (including phenoxy) is 1. The van der Waals surface area contributed by atoms with Crippen molar-refractivity contribution < 1.29 is 9.13 Å². The van der Waals surface area contributed by atoms with Gasteiger partial charge in [-0.15, -0.1) is 0 Å². The summed E-state index contributed by atoms with van der Waals surface area (Å²) in [5.41, 5.74) is 1.35. The van der Waals surface area contributed by atoms with Crippen LogP contribution in [0.1, 0.15) is 25.0 Å². The first-order chi connectivity index (χ1) is 7.54. The monoisotopic (exact) mass is 223 g/mol. The van der Waals surface area contributed by atoms with E-state index in [1.54, 1.807) is 0 Å². The van der Waals surface area contributed by atoms with Crippen LogP contribution in [0.3, 0.4) is 0 Å². The predicted octanol–water partition coefficient (Wildman–Crippen LogP) is 2.46. The van der Waals surface area contributed by atoms with Crippen LogP contribution in [0.4, 0.5) is 4.39 Å². The Bertz CT molecular complexity index is 371. The van der Waals surface area contributed by atoms with Gasteiger partial charge in [0.05, 0.1) is 0 Å². The number of alkyl halides is 1. The topological polar surface area (TPSA) is 21.3 Å². The van der Waals surface area contributed by atoms with E-state index in [-0.39, 0.29) is 6.61 Å². The van der Waals surface area contributed by atoms with Gasteiger partial charge >= 0.3 is 0 Å². The third-order valence-corrected chi connectivity index (χ3v) is 2.65. The maximum Gasteiger partial charge on any atom is 0.139 e. The smallest absolute Gasteiger partial charge is 0.139 e. The van der Waals surface area contributed by atoms with E-state index in [2.05, 4.69) is 11.4 Å². The van der Waals surface area contributed by atoms with Crippen LogP contribution in [0.25, 0.3) is 0 Å². The highest BCUT2D eigenvalue weighted by molar-refractivity contribution is 5.37. The Morgan fingerprint density at radius 1 is 1.38 bits per heavy atom. The minimum atomic E-state index is -1.28. The SMILES string of the molecule is CC(C)(F)COc1ccc2c(c1)CNCC2. The number of rotatable bonds is 3. The lowest BCUT2D eigenvalue weighted by Gasteiger charge is -2.19. The third kappa shape index (κ3) is 2.95. The highest BCUT2D eigenvalue weighted by atomic mass is 19.1. The van der Waals surface area contributed by atoms with Crippen molar-refractivity contribution in [2.75, 3.05) is 13.2 Å². The van der Waals surface area contributed by atoms with Gasteiger partial charge in [0.25, 0.3) is 0 Å². The Kier molecular flexibility index (Phi) is 3.15. The van der Waals surface area contributed by atoms with E-state index in [0.29, 0.717) is 0 Å². The lowest BCUT2D eigenvalue weighted by atomic mass is 10.0. The number of hydrogen-bond donors (Lipinski definition) is 1. The lowest BCUT2D eigenvalue weighted by Crippen LogP contribution is -2.24. The molecule has 2 nitrogen and oxygen atoms in total. The summed E-state index contributed by atoms with van der Waals surface area (Å²) in [6, 6.07) is 6.01. The van der Waals surface area contributed by atoms with E-state index in [9.17, 15) is 4.39 Å². The summed E-state index contributed by atoms with van der Waals surface area (Å²) in [5, 5.41) is 3.31. The normalized spacial score (nSPS) is 15.7. The van der Waals surface area contributed by atoms with Crippen molar-refractivity contribution >= 4 is 0 Å². The van der Waals surface area contributed by atoms with E-state index < -0.39 is 5.67 Å². The van der Waals surface area contributed by atoms with Crippen LogP contribution in [-0.4, -0.2) is 18.8 Å². The molecule has 0 unspecified atom stereocenters. The van der Waals surface area contributed by atoms with Crippen molar-refractivity contribution in [2.45, 2.75) is 32.5 Å². The second-order valence-electron chi connectivity index (χ2n) is 4.86. The molecule has 0 saturated heterocycles. The van der Waals surface area contributed by atoms with Gasteiger partial charge < -0.3 is 10.1 Å². The maximum absolute atomic E-state index is 13.3. The summed E-state index contributed by atoms with van der Waals surface area (Å²) in [6.07, 6.45) is 1.06. The molecule has 1 aliphatic rings. The second-order valence-corrected chi connectivity index (χ2v) is 4.86. The fraction of sp³-hybridized carbons (Fsp3) is 0.538. The number of hydrogen-bond acceptors (Lipinski definition) is 2. The molecule has 1 heterocycles. The molecule has 0 atom stereocenters. The van der Waals surface area contributed by atoms with E-state index in [0.717, 1.165) is 25.3 Å². The van der Waals surface area contributed by atoms with Gasteiger partial charge in [-0.3, -0.25) is 0 Å². The molecule has 0 aliphatic carbocycles. The van der Waals surface area contributed by atoms with Crippen molar-refractivity contribution in [2.24, 2.45) is 0 Å². The molecule has 0 spiro atoms. The minimum Gasteiger partial charge on any atom is -0.490 e. The molecule has 2 rings (SSSR count). The van der Waals surface area contributed by atoms with E-state index >= 15 is 0 Å². The summed E-state index contributed by atoms with van der Waals surface area (Å²) in [5.74, 6) is 0.758. The molecule has 16 heavy (non-hydrogen) atoms. The van der Waals surface area contributed by atoms with Gasteiger partial charge in [0.2, 0.25) is 0 Å². The molecule has 0 radical (unpaired) electrons. The van der Waals surface area contributed by atoms with Crippen LogP contribution in [0, 0.1) is 0 Å². The number of fused-ring (bicyclic) bond motifs is 1. The standard InChI is InChI=1S/C13H18FNO/c1-13(2,14)9-16-12-4-3-10-5-6-15-8-11(10)7-12/h3-4,7,15H,5-6,8-9H2,1-2H3. The molecular formula is C13H18FNO. The van der Waals surface area contributed by atoms with Gasteiger partial charge in [0.15, 0.2) is 0 Å². The summed E-state index contributed by atoms with van der Waals surface area (Å²) >= 11 is 0. The minimum absolute atomic E-state index is 0.0964. The molecular weight excluding hydrogens is 205 g/mol. The molecule has 3 heteroatoms. The second kappa shape index (κ2) is 4.42. The van der Waals surface area contributed by atoms with E-state index in [4.69, 9.17) is 4.74 Å². The predicted molar refractivity (Wildman–Crippen MR) is 62.5 cm³/mol. The lowest BCUT2D eigenvalue weighted by molar-refractivity contribution is 0.120. The Morgan fingerprint density at radius 2 is 2.19 bits per heavy atom. The fourth-order valence-corrected chi connectivity index (χ4v) is 1.80. The number of nitrogens with one attached hydrogen (secondary N) is 1. The summed E-state index contributed by atoms with van der Waals surface area (Å²) < 4.78 is 18.7. The van der Waals surface area contributed by atoms with E-state index in [1.807, 2.05) is 12.1 Å². The first-order valence-corrected chi connectivity index (χ1v) is 5.69. The molecule has 1 aliphatic heterocycles. The average molecular weight is 223 g/mol. The highest BCUT2D eigenvalue weighted by Crippen LogP contribution is 2.21. The van der Waals surface area contributed by atoms with E-state index in [1.165, 1.54) is 25.0 Å². The first kappa shape index (κ1) is 11.4. The largest absolute Gasteiger partial charge is 0.490 e. The number of halogens is 1. The van der Waals surface area contributed by atoms with Crippen LogP contribution < -0.4 is 10.1 Å². The van der Waals surface area contributed by atoms with Crippen molar-refractivity contribution in [3.8, 4) is 5.75 Å². The van der Waals surface area contributed by atoms with Gasteiger partial charge in [0.1, 0.15) is 18.0 Å². The summed E-state index contributed by atoms with van der Waals surface area (Å²) in [7, 11) is 0. The molecule has 0 bridgehead atoms. The highest BCUT2D eigenvalue weighted by Gasteiger charge is 2.17. The molecule has 0 aromatic heterocycles. The molecule has 88 valence electrons. The Hall–Kier alpha value is -1.09. The molecule has 1 aromatic carbocycles. The van der Waals surface area contributed by atoms with Gasteiger partial charge in [0, 0.05) is 6.54 Å². The van der Waals surface area contributed by atoms with Crippen molar-refractivity contribution in [3.63, 3.8) is 0 Å². The molecule has 1 aromatic rings. The Balaban J connectivity index is 2.06. The molecule has 0 saturated carbocycles. The van der Waals surface area contributed by atoms with Crippen molar-refractivity contribution in [3.05, 3.63) is 29.3 Å². The van der Waals surface area contributed by atoms with Crippen molar-refractivity contribution in [1.82, 2.24) is 5.32 Å². The van der Waals surface area contributed by atoms with Gasteiger partial charge in [-0.2, -0.15) is 0 Å². The van der Waals surface area contributed by atoms with Gasteiger partial charge in [-0.25, -0.2) is 4.39 Å². The molecule has 1 N–H and O–H groups in total. The fourth-order valence-electron chi connectivity index (χ4n) is 1.80. The Morgan fingerprint density at radius 3 is 2.94 bits per heavy atom. The van der Waals surface area contributed by atoms with Crippen LogP contribution in [0.15, 0.2) is 18.2 Å². The zero-order valence-electron chi connectivity index (χ0n) is 9.85. The zero-order valence-corrected chi connectivity index (χ0v) is 9.85. The van der Waals surface area contributed by atoms with Crippen LogP contribution in [-0.2, 0) is 13.0 Å². The van der Waals surface area contributed by atoms with Crippen LogP contribution >= 0.6 is 0 Å². The quantitative estimate of drug-likeness (QED) is 0.850. The maximum atomic E-state index is 13.3. The van der Waals surface area contributed by atoms with Crippen molar-refractivity contribution in [1.29, 1.82) is 0 Å². The summed E-state index contributed by atoms with van der Waals surface area (Å²) in [6.45, 7) is 5.05. The summed E-state index contributed by atoms with van der Waals surface area (Å²) in [4.78, 5) is 0. The number of benzene rings is 1. The molecule has 0 amide bonds. The van der Waals surface area contributed by atoms with Gasteiger partial charge in [-0.05, 0) is 50.1 Å². The van der Waals surface area contributed by atoms with Crippen LogP contribution in [0.2, 0.25) is 0 Å². The van der Waals surface area contributed by atoms with Crippen LogP contribution in [0.5, 0.6) is 5.75 Å². The zero-order chi connectivity index (χ0) is 11.6. The average Bonchev–Trinajstić information content (AvgIpc) is 2.25. The first-order valence-electron chi connectivity index (χ1n) is 5.69. The Labute approximate surface area is 95.8 Å². The molecule has 0 fully saturated rings.